The maximum Gasteiger partial charge on any atom is 0.142 e. The molecule has 0 amide bonds. The van der Waals surface area contributed by atoms with Crippen molar-refractivity contribution in [2.45, 2.75) is 6.61 Å². The number of hydrogen-bond donors (Lipinski definition) is 1. The van der Waals surface area contributed by atoms with Crippen molar-refractivity contribution < 1.29 is 9.50 Å². The first-order chi connectivity index (χ1) is 8.52. The van der Waals surface area contributed by atoms with E-state index in [1.54, 1.807) is 6.07 Å². The zero-order valence-corrected chi connectivity index (χ0v) is 11.2. The number of aliphatic hydroxyl groups is 1. The zero-order chi connectivity index (χ0) is 13.3. The van der Waals surface area contributed by atoms with Gasteiger partial charge in [0.1, 0.15) is 5.82 Å². The second kappa shape index (κ2) is 5.41. The van der Waals surface area contributed by atoms with Gasteiger partial charge in [0.05, 0.1) is 28.5 Å². The van der Waals surface area contributed by atoms with E-state index >= 15 is 0 Å². The number of nitrogens with zero attached hydrogens (tertiary/aromatic N) is 1. The highest BCUT2D eigenvalue weighted by Crippen LogP contribution is 2.37. The number of hydrogen-bond acceptors (Lipinski definition) is 2. The molecule has 1 aromatic carbocycles. The largest absolute Gasteiger partial charge is 0.390 e. The lowest BCUT2D eigenvalue weighted by Crippen LogP contribution is -1.96. The molecule has 2 rings (SSSR count). The van der Waals surface area contributed by atoms with Crippen LogP contribution < -0.4 is 0 Å². The Morgan fingerprint density at radius 2 is 1.83 bits per heavy atom. The second-order valence-corrected chi connectivity index (χ2v) is 4.78. The molecule has 1 heterocycles. The van der Waals surface area contributed by atoms with Crippen molar-refractivity contribution in [2.24, 2.45) is 0 Å². The van der Waals surface area contributed by atoms with E-state index < -0.39 is 5.82 Å². The van der Waals surface area contributed by atoms with Gasteiger partial charge < -0.3 is 5.11 Å². The van der Waals surface area contributed by atoms with E-state index in [-0.39, 0.29) is 16.7 Å². The number of benzene rings is 1. The monoisotopic (exact) mass is 305 g/mol. The molecule has 1 N–H and O–H groups in total. The number of pyridine rings is 1. The molecule has 1 aromatic heterocycles. The summed E-state index contributed by atoms with van der Waals surface area (Å²) in [4.78, 5) is 3.80. The van der Waals surface area contributed by atoms with Crippen LogP contribution >= 0.6 is 34.8 Å². The van der Waals surface area contributed by atoms with Crippen LogP contribution in [0.3, 0.4) is 0 Å². The second-order valence-electron chi connectivity index (χ2n) is 3.56. The summed E-state index contributed by atoms with van der Waals surface area (Å²) in [7, 11) is 0. The molecule has 2 nitrogen and oxygen atoms in total. The summed E-state index contributed by atoms with van der Waals surface area (Å²) in [5.41, 5.74) is 1.11. The molecule has 0 bridgehead atoms. The molecule has 94 valence electrons. The predicted molar refractivity (Wildman–Crippen MR) is 70.6 cm³/mol. The SMILES string of the molecule is OCc1ncc(F)cc1-c1cc(Cl)cc(Cl)c1Cl. The topological polar surface area (TPSA) is 33.1 Å². The van der Waals surface area contributed by atoms with Gasteiger partial charge in [0, 0.05) is 16.1 Å². The maximum atomic E-state index is 13.2. The van der Waals surface area contributed by atoms with Crippen LogP contribution in [-0.2, 0) is 6.61 Å². The zero-order valence-electron chi connectivity index (χ0n) is 8.92. The van der Waals surface area contributed by atoms with Crippen molar-refractivity contribution in [3.8, 4) is 11.1 Å². The Labute approximate surface area is 118 Å². The molecule has 0 atom stereocenters. The first kappa shape index (κ1) is 13.6. The lowest BCUT2D eigenvalue weighted by atomic mass is 10.0. The molecule has 6 heteroatoms. The van der Waals surface area contributed by atoms with Crippen molar-refractivity contribution in [2.75, 3.05) is 0 Å². The fourth-order valence-corrected chi connectivity index (χ4v) is 2.28. The van der Waals surface area contributed by atoms with Gasteiger partial charge in [-0.3, -0.25) is 4.98 Å². The number of aromatic nitrogens is 1. The minimum absolute atomic E-state index is 0.239. The van der Waals surface area contributed by atoms with Gasteiger partial charge in [-0.25, -0.2) is 4.39 Å². The molecule has 18 heavy (non-hydrogen) atoms. The van der Waals surface area contributed by atoms with Crippen LogP contribution in [0.5, 0.6) is 0 Å². The van der Waals surface area contributed by atoms with E-state index in [9.17, 15) is 9.50 Å². The summed E-state index contributed by atoms with van der Waals surface area (Å²) in [6.45, 7) is -0.337. The van der Waals surface area contributed by atoms with Crippen LogP contribution in [0.2, 0.25) is 15.1 Å². The van der Waals surface area contributed by atoms with Crippen molar-refractivity contribution in [3.63, 3.8) is 0 Å². The highest BCUT2D eigenvalue weighted by atomic mass is 35.5. The van der Waals surface area contributed by atoms with Crippen LogP contribution in [0.15, 0.2) is 24.4 Å². The maximum absolute atomic E-state index is 13.2. The third kappa shape index (κ3) is 2.59. The highest BCUT2D eigenvalue weighted by Gasteiger charge is 2.14. The fraction of sp³-hybridized carbons (Fsp3) is 0.0833. The van der Waals surface area contributed by atoms with Gasteiger partial charge in [0.2, 0.25) is 0 Å². The smallest absolute Gasteiger partial charge is 0.142 e. The molecule has 0 spiro atoms. The Bertz CT molecular complexity index is 604. The lowest BCUT2D eigenvalue weighted by Gasteiger charge is -2.10. The minimum Gasteiger partial charge on any atom is -0.390 e. The van der Waals surface area contributed by atoms with E-state index in [2.05, 4.69) is 4.98 Å². The van der Waals surface area contributed by atoms with Gasteiger partial charge in [-0.15, -0.1) is 0 Å². The molecule has 0 fully saturated rings. The quantitative estimate of drug-likeness (QED) is 0.837. The molecule has 0 radical (unpaired) electrons. The van der Waals surface area contributed by atoms with E-state index in [1.165, 1.54) is 12.1 Å². The van der Waals surface area contributed by atoms with Crippen LogP contribution in [0.4, 0.5) is 4.39 Å². The Balaban J connectivity index is 2.72. The number of aliphatic hydroxyl groups excluding tert-OH is 1. The fourth-order valence-electron chi connectivity index (χ4n) is 1.58. The van der Waals surface area contributed by atoms with E-state index in [0.29, 0.717) is 21.8 Å². The summed E-state index contributed by atoms with van der Waals surface area (Å²) in [5.74, 6) is -0.533. The summed E-state index contributed by atoms with van der Waals surface area (Å²) < 4.78 is 13.2. The Morgan fingerprint density at radius 3 is 2.50 bits per heavy atom. The Hall–Kier alpha value is -0.870. The summed E-state index contributed by atoms with van der Waals surface area (Å²) in [6, 6.07) is 4.26. The first-order valence-corrected chi connectivity index (χ1v) is 6.06. The molecule has 0 aliphatic carbocycles. The van der Waals surface area contributed by atoms with Crippen molar-refractivity contribution in [1.29, 1.82) is 0 Å². The highest BCUT2D eigenvalue weighted by molar-refractivity contribution is 6.45. The van der Waals surface area contributed by atoms with Gasteiger partial charge in [-0.05, 0) is 18.2 Å². The Morgan fingerprint density at radius 1 is 1.11 bits per heavy atom. The molecule has 0 unspecified atom stereocenters. The Kier molecular flexibility index (Phi) is 4.07. The first-order valence-electron chi connectivity index (χ1n) is 4.93. The van der Waals surface area contributed by atoms with Gasteiger partial charge in [-0.1, -0.05) is 34.8 Å². The normalized spacial score (nSPS) is 10.7. The van der Waals surface area contributed by atoms with E-state index in [1.807, 2.05) is 0 Å². The lowest BCUT2D eigenvalue weighted by molar-refractivity contribution is 0.277. The van der Waals surface area contributed by atoms with Gasteiger partial charge in [0.15, 0.2) is 0 Å². The van der Waals surface area contributed by atoms with Crippen LogP contribution in [0.1, 0.15) is 5.69 Å². The summed E-state index contributed by atoms with van der Waals surface area (Å²) in [6.07, 6.45) is 1.02. The molecular formula is C12H7Cl3FNO. The van der Waals surface area contributed by atoms with Crippen LogP contribution in [0.25, 0.3) is 11.1 Å². The molecule has 0 aliphatic rings. The third-order valence-electron chi connectivity index (χ3n) is 2.37. The minimum atomic E-state index is -0.533. The number of rotatable bonds is 2. The standard InChI is InChI=1S/C12H7Cl3FNO/c13-6-1-9(12(15)10(14)2-6)8-3-7(16)4-17-11(8)5-18/h1-4,18H,5H2. The van der Waals surface area contributed by atoms with Crippen molar-refractivity contribution >= 4 is 34.8 Å². The van der Waals surface area contributed by atoms with Crippen LogP contribution in [0, 0.1) is 5.82 Å². The summed E-state index contributed by atoms with van der Waals surface area (Å²) >= 11 is 17.9. The van der Waals surface area contributed by atoms with Crippen LogP contribution in [-0.4, -0.2) is 10.1 Å². The van der Waals surface area contributed by atoms with Gasteiger partial charge in [0.25, 0.3) is 0 Å². The van der Waals surface area contributed by atoms with Gasteiger partial charge >= 0.3 is 0 Å². The third-order valence-corrected chi connectivity index (χ3v) is 3.39. The molecule has 0 saturated carbocycles. The molecule has 0 aliphatic heterocycles. The molecule has 0 saturated heterocycles. The van der Waals surface area contributed by atoms with E-state index in [0.717, 1.165) is 6.20 Å². The van der Waals surface area contributed by atoms with Crippen molar-refractivity contribution in [3.05, 3.63) is 51.0 Å². The molecular weight excluding hydrogens is 299 g/mol. The molecule has 2 aromatic rings. The number of halogens is 4. The van der Waals surface area contributed by atoms with Crippen molar-refractivity contribution in [1.82, 2.24) is 4.98 Å². The average molecular weight is 307 g/mol. The predicted octanol–water partition coefficient (Wildman–Crippen LogP) is 4.34. The van der Waals surface area contributed by atoms with E-state index in [4.69, 9.17) is 34.8 Å². The summed E-state index contributed by atoms with van der Waals surface area (Å²) in [5, 5.41) is 10.1. The average Bonchev–Trinajstić information content (AvgIpc) is 2.33. The van der Waals surface area contributed by atoms with Gasteiger partial charge in [-0.2, -0.15) is 0 Å².